The van der Waals surface area contributed by atoms with Crippen LogP contribution in [-0.4, -0.2) is 35.7 Å². The van der Waals surface area contributed by atoms with Gasteiger partial charge >= 0.3 is 0 Å². The average Bonchev–Trinajstić information content (AvgIpc) is 2.05. The second-order valence-corrected chi connectivity index (χ2v) is 3.78. The minimum atomic E-state index is 0.364. The Morgan fingerprint density at radius 1 is 1.55 bits per heavy atom. The Morgan fingerprint density at radius 2 is 2.27 bits per heavy atom. The Kier molecular flexibility index (Phi) is 3.34. The van der Waals surface area contributed by atoms with Crippen LogP contribution in [0.15, 0.2) is 0 Å². The second kappa shape index (κ2) is 4.07. The molecule has 1 aliphatic rings. The van der Waals surface area contributed by atoms with Crippen molar-refractivity contribution in [2.45, 2.75) is 32.7 Å². The molecule has 1 rings (SSSR count). The lowest BCUT2D eigenvalue weighted by Gasteiger charge is -2.34. The third kappa shape index (κ3) is 2.46. The van der Waals surface area contributed by atoms with Gasteiger partial charge in [0.25, 0.3) is 0 Å². The molecule has 0 saturated carbocycles. The van der Waals surface area contributed by atoms with Crippen molar-refractivity contribution in [2.24, 2.45) is 5.92 Å². The monoisotopic (exact) mass is 157 g/mol. The van der Waals surface area contributed by atoms with Crippen molar-refractivity contribution < 1.29 is 5.11 Å². The van der Waals surface area contributed by atoms with Crippen molar-refractivity contribution in [3.05, 3.63) is 0 Å². The maximum absolute atomic E-state index is 8.96. The molecule has 0 bridgehead atoms. The summed E-state index contributed by atoms with van der Waals surface area (Å²) in [7, 11) is 0. The van der Waals surface area contributed by atoms with Gasteiger partial charge in [-0.15, -0.1) is 0 Å². The maximum atomic E-state index is 8.96. The number of aliphatic hydroxyl groups excluding tert-OH is 1. The summed E-state index contributed by atoms with van der Waals surface area (Å²) in [5.41, 5.74) is 0. The fourth-order valence-electron chi connectivity index (χ4n) is 1.72. The number of likely N-dealkylation sites (tertiary alicyclic amines) is 1. The van der Waals surface area contributed by atoms with Gasteiger partial charge in [0.15, 0.2) is 0 Å². The fourth-order valence-corrected chi connectivity index (χ4v) is 1.72. The molecule has 0 unspecified atom stereocenters. The molecule has 0 aromatic carbocycles. The molecule has 1 N–H and O–H groups in total. The predicted octanol–water partition coefficient (Wildman–Crippen LogP) is 1.10. The number of hydrogen-bond acceptors (Lipinski definition) is 2. The number of piperidine rings is 1. The van der Waals surface area contributed by atoms with Crippen LogP contribution in [0.5, 0.6) is 0 Å². The highest BCUT2D eigenvalue weighted by molar-refractivity contribution is 4.74. The van der Waals surface area contributed by atoms with E-state index in [0.717, 1.165) is 6.54 Å². The van der Waals surface area contributed by atoms with E-state index < -0.39 is 0 Å². The quantitative estimate of drug-likeness (QED) is 0.649. The minimum absolute atomic E-state index is 0.364. The van der Waals surface area contributed by atoms with E-state index in [9.17, 15) is 0 Å². The topological polar surface area (TPSA) is 23.5 Å². The van der Waals surface area contributed by atoms with E-state index in [1.807, 2.05) is 0 Å². The number of nitrogens with zero attached hydrogens (tertiary/aromatic N) is 1. The van der Waals surface area contributed by atoms with Crippen LogP contribution >= 0.6 is 0 Å². The van der Waals surface area contributed by atoms with Crippen LogP contribution in [-0.2, 0) is 0 Å². The predicted molar refractivity (Wildman–Crippen MR) is 46.5 cm³/mol. The highest BCUT2D eigenvalue weighted by Gasteiger charge is 2.20. The SMILES string of the molecule is CC(C)N1CCC[C@H](CO)C1. The smallest absolute Gasteiger partial charge is 0.0471 e. The highest BCUT2D eigenvalue weighted by Crippen LogP contribution is 2.17. The summed E-state index contributed by atoms with van der Waals surface area (Å²) in [6.07, 6.45) is 2.46. The van der Waals surface area contributed by atoms with E-state index in [0.29, 0.717) is 18.6 Å². The molecule has 0 amide bonds. The maximum Gasteiger partial charge on any atom is 0.0471 e. The Balaban J connectivity index is 2.33. The van der Waals surface area contributed by atoms with E-state index >= 15 is 0 Å². The zero-order valence-corrected chi connectivity index (χ0v) is 7.58. The average molecular weight is 157 g/mol. The first-order valence-electron chi connectivity index (χ1n) is 4.59. The minimum Gasteiger partial charge on any atom is -0.396 e. The molecular weight excluding hydrogens is 138 g/mol. The molecule has 66 valence electrons. The third-order valence-corrected chi connectivity index (χ3v) is 2.54. The summed E-state index contributed by atoms with van der Waals surface area (Å²) < 4.78 is 0. The van der Waals surface area contributed by atoms with E-state index in [4.69, 9.17) is 5.11 Å². The number of aliphatic hydroxyl groups is 1. The molecule has 11 heavy (non-hydrogen) atoms. The van der Waals surface area contributed by atoms with Gasteiger partial charge in [0.1, 0.15) is 0 Å². The molecule has 1 heterocycles. The summed E-state index contributed by atoms with van der Waals surface area (Å²) >= 11 is 0. The Labute approximate surface area is 69.2 Å². The zero-order valence-electron chi connectivity index (χ0n) is 7.58. The van der Waals surface area contributed by atoms with Crippen LogP contribution in [0.4, 0.5) is 0 Å². The van der Waals surface area contributed by atoms with E-state index in [1.54, 1.807) is 0 Å². The first-order chi connectivity index (χ1) is 5.24. The second-order valence-electron chi connectivity index (χ2n) is 3.78. The largest absolute Gasteiger partial charge is 0.396 e. The Morgan fingerprint density at radius 3 is 2.82 bits per heavy atom. The van der Waals surface area contributed by atoms with Gasteiger partial charge < -0.3 is 10.0 Å². The van der Waals surface area contributed by atoms with Crippen LogP contribution < -0.4 is 0 Å². The molecule has 2 heteroatoms. The third-order valence-electron chi connectivity index (χ3n) is 2.54. The van der Waals surface area contributed by atoms with Gasteiger partial charge in [-0.2, -0.15) is 0 Å². The molecular formula is C9H19NO. The van der Waals surface area contributed by atoms with Gasteiger partial charge in [0.2, 0.25) is 0 Å². The van der Waals surface area contributed by atoms with Crippen LogP contribution in [0.1, 0.15) is 26.7 Å². The van der Waals surface area contributed by atoms with E-state index in [1.165, 1.54) is 19.4 Å². The molecule has 0 spiro atoms. The lowest BCUT2D eigenvalue weighted by atomic mass is 9.98. The summed E-state index contributed by atoms with van der Waals surface area (Å²) in [4.78, 5) is 2.45. The molecule has 2 nitrogen and oxygen atoms in total. The molecule has 1 fully saturated rings. The fraction of sp³-hybridized carbons (Fsp3) is 1.00. The van der Waals surface area contributed by atoms with E-state index in [-0.39, 0.29) is 0 Å². The van der Waals surface area contributed by atoms with Crippen molar-refractivity contribution in [2.75, 3.05) is 19.7 Å². The van der Waals surface area contributed by atoms with E-state index in [2.05, 4.69) is 18.7 Å². The van der Waals surface area contributed by atoms with Gasteiger partial charge in [0.05, 0.1) is 0 Å². The highest BCUT2D eigenvalue weighted by atomic mass is 16.3. The van der Waals surface area contributed by atoms with Gasteiger partial charge in [-0.1, -0.05) is 0 Å². The number of hydrogen-bond donors (Lipinski definition) is 1. The molecule has 0 aromatic rings. The summed E-state index contributed by atoms with van der Waals surface area (Å²) in [5.74, 6) is 0.533. The standard InChI is InChI=1S/C9H19NO/c1-8(2)10-5-3-4-9(6-10)7-11/h8-9,11H,3-7H2,1-2H3/t9-/m0/s1. The summed E-state index contributed by atoms with van der Waals surface area (Å²) in [6.45, 7) is 7.12. The van der Waals surface area contributed by atoms with Gasteiger partial charge in [-0.05, 0) is 39.2 Å². The summed E-state index contributed by atoms with van der Waals surface area (Å²) in [5, 5.41) is 8.96. The van der Waals surface area contributed by atoms with Crippen LogP contribution in [0, 0.1) is 5.92 Å². The molecule has 1 atom stereocenters. The molecule has 1 aliphatic heterocycles. The normalized spacial score (nSPS) is 27.8. The van der Waals surface area contributed by atoms with Gasteiger partial charge in [0, 0.05) is 19.2 Å². The molecule has 0 radical (unpaired) electrons. The van der Waals surface area contributed by atoms with Crippen LogP contribution in [0.25, 0.3) is 0 Å². The first kappa shape index (κ1) is 9.01. The zero-order chi connectivity index (χ0) is 8.27. The Hall–Kier alpha value is -0.0800. The number of rotatable bonds is 2. The van der Waals surface area contributed by atoms with Crippen molar-refractivity contribution in [1.29, 1.82) is 0 Å². The van der Waals surface area contributed by atoms with Crippen molar-refractivity contribution in [3.63, 3.8) is 0 Å². The molecule has 0 aromatic heterocycles. The van der Waals surface area contributed by atoms with Crippen molar-refractivity contribution in [1.82, 2.24) is 4.90 Å². The van der Waals surface area contributed by atoms with Crippen LogP contribution in [0.3, 0.4) is 0 Å². The van der Waals surface area contributed by atoms with Crippen LogP contribution in [0.2, 0.25) is 0 Å². The first-order valence-corrected chi connectivity index (χ1v) is 4.59. The lowest BCUT2D eigenvalue weighted by molar-refractivity contribution is 0.0993. The van der Waals surface area contributed by atoms with Crippen molar-refractivity contribution in [3.8, 4) is 0 Å². The lowest BCUT2D eigenvalue weighted by Crippen LogP contribution is -2.40. The molecule has 0 aliphatic carbocycles. The Bertz CT molecular complexity index is 114. The summed E-state index contributed by atoms with van der Waals surface area (Å²) in [6, 6.07) is 0.643. The molecule has 1 saturated heterocycles. The van der Waals surface area contributed by atoms with Gasteiger partial charge in [-0.25, -0.2) is 0 Å². The van der Waals surface area contributed by atoms with Crippen molar-refractivity contribution >= 4 is 0 Å². The van der Waals surface area contributed by atoms with Gasteiger partial charge in [-0.3, -0.25) is 0 Å².